The summed E-state index contributed by atoms with van der Waals surface area (Å²) in [7, 11) is 0. The predicted molar refractivity (Wildman–Crippen MR) is 133 cm³/mol. The average molecular weight is 477 g/mol. The number of hydrogen-bond acceptors (Lipinski definition) is 5. The van der Waals surface area contributed by atoms with E-state index in [1.54, 1.807) is 42.7 Å². The molecule has 1 aliphatic carbocycles. The molecule has 1 fully saturated rings. The maximum Gasteiger partial charge on any atom is 0.261 e. The van der Waals surface area contributed by atoms with Crippen LogP contribution in [-0.2, 0) is 9.59 Å². The first kappa shape index (κ1) is 23.6. The quantitative estimate of drug-likeness (QED) is 0.514. The summed E-state index contributed by atoms with van der Waals surface area (Å²) < 4.78 is 0. The number of amides is 3. The van der Waals surface area contributed by atoms with E-state index in [1.807, 2.05) is 30.5 Å². The Balaban J connectivity index is 1.66. The molecule has 34 heavy (non-hydrogen) atoms. The van der Waals surface area contributed by atoms with E-state index in [0.717, 1.165) is 31.2 Å². The molecular weight excluding hydrogens is 448 g/mol. The van der Waals surface area contributed by atoms with Crippen LogP contribution in [0.5, 0.6) is 0 Å². The Labute approximate surface area is 203 Å². The van der Waals surface area contributed by atoms with Gasteiger partial charge in [0.15, 0.2) is 0 Å². The molecule has 4 rings (SSSR count). The summed E-state index contributed by atoms with van der Waals surface area (Å²) in [6, 6.07) is 13.7. The van der Waals surface area contributed by atoms with E-state index in [9.17, 15) is 14.4 Å². The van der Waals surface area contributed by atoms with E-state index >= 15 is 0 Å². The van der Waals surface area contributed by atoms with Crippen LogP contribution < -0.4 is 15.5 Å². The zero-order valence-corrected chi connectivity index (χ0v) is 19.9. The van der Waals surface area contributed by atoms with Gasteiger partial charge in [0.2, 0.25) is 11.8 Å². The number of hydrogen-bond donors (Lipinski definition) is 2. The highest BCUT2D eigenvalue weighted by Gasteiger charge is 2.34. The minimum absolute atomic E-state index is 0.0969. The fourth-order valence-electron chi connectivity index (χ4n) is 4.26. The van der Waals surface area contributed by atoms with E-state index in [1.165, 1.54) is 16.2 Å². The molecule has 2 N–H and O–H groups in total. The number of pyridine rings is 1. The van der Waals surface area contributed by atoms with Gasteiger partial charge in [0.1, 0.15) is 6.04 Å². The molecule has 1 aliphatic rings. The molecule has 1 saturated carbocycles. The van der Waals surface area contributed by atoms with Gasteiger partial charge < -0.3 is 10.6 Å². The van der Waals surface area contributed by atoms with Crippen LogP contribution in [0.4, 0.5) is 5.69 Å². The molecule has 0 bridgehead atoms. The summed E-state index contributed by atoms with van der Waals surface area (Å²) in [5.74, 6) is -0.953. The van der Waals surface area contributed by atoms with Crippen LogP contribution in [0.15, 0.2) is 66.3 Å². The van der Waals surface area contributed by atoms with Gasteiger partial charge >= 0.3 is 0 Å². The first-order valence-electron chi connectivity index (χ1n) is 11.4. The number of benzene rings is 1. The van der Waals surface area contributed by atoms with Crippen LogP contribution in [-0.4, -0.2) is 35.3 Å². The molecule has 176 valence electrons. The Morgan fingerprint density at radius 3 is 2.62 bits per heavy atom. The van der Waals surface area contributed by atoms with Crippen molar-refractivity contribution in [2.24, 2.45) is 0 Å². The van der Waals surface area contributed by atoms with Crippen molar-refractivity contribution >= 4 is 34.7 Å². The van der Waals surface area contributed by atoms with Crippen molar-refractivity contribution in [3.63, 3.8) is 0 Å². The Morgan fingerprint density at radius 2 is 1.94 bits per heavy atom. The zero-order chi connectivity index (χ0) is 23.9. The number of aryl methyl sites for hydroxylation is 1. The minimum atomic E-state index is -0.915. The van der Waals surface area contributed by atoms with Gasteiger partial charge in [-0.3, -0.25) is 24.3 Å². The topological polar surface area (TPSA) is 91.4 Å². The van der Waals surface area contributed by atoms with Crippen LogP contribution in [0.1, 0.15) is 52.5 Å². The fraction of sp³-hybridized carbons (Fsp3) is 0.308. The number of anilines is 1. The third kappa shape index (κ3) is 5.69. The molecule has 1 aromatic carbocycles. The second-order valence-corrected chi connectivity index (χ2v) is 9.39. The second-order valence-electron chi connectivity index (χ2n) is 8.44. The summed E-state index contributed by atoms with van der Waals surface area (Å²) >= 11 is 1.31. The van der Waals surface area contributed by atoms with E-state index in [4.69, 9.17) is 0 Å². The third-order valence-electron chi connectivity index (χ3n) is 5.90. The first-order chi connectivity index (χ1) is 16.5. The van der Waals surface area contributed by atoms with Crippen molar-refractivity contribution in [1.29, 1.82) is 0 Å². The molecule has 0 aliphatic heterocycles. The van der Waals surface area contributed by atoms with Crippen LogP contribution in [0.3, 0.4) is 0 Å². The van der Waals surface area contributed by atoms with Crippen molar-refractivity contribution < 1.29 is 14.4 Å². The first-order valence-corrected chi connectivity index (χ1v) is 12.3. The zero-order valence-electron chi connectivity index (χ0n) is 19.1. The molecular formula is C26H28N4O3S. The number of carbonyl (C=O) groups excluding carboxylic acids is 3. The Bertz CT molecular complexity index is 1130. The molecule has 0 saturated heterocycles. The molecule has 0 unspecified atom stereocenters. The molecule has 8 heteroatoms. The largest absolute Gasteiger partial charge is 0.351 e. The lowest BCUT2D eigenvalue weighted by Gasteiger charge is -2.32. The molecule has 1 atom stereocenters. The SMILES string of the molecule is Cc1cccc(N(C(=O)CNC(=O)c2cccs2)[C@H](C(=O)NC2CCCC2)c2cccnc2)c1. The Hall–Kier alpha value is -3.52. The van der Waals surface area contributed by atoms with Crippen LogP contribution in [0.25, 0.3) is 0 Å². The van der Waals surface area contributed by atoms with Crippen LogP contribution in [0, 0.1) is 6.92 Å². The van der Waals surface area contributed by atoms with Crippen molar-refractivity contribution in [2.75, 3.05) is 11.4 Å². The highest BCUT2D eigenvalue weighted by molar-refractivity contribution is 7.12. The number of aromatic nitrogens is 1. The summed E-state index contributed by atoms with van der Waals surface area (Å²) in [6.07, 6.45) is 7.27. The molecule has 0 spiro atoms. The monoisotopic (exact) mass is 476 g/mol. The predicted octanol–water partition coefficient (Wildman–Crippen LogP) is 4.01. The highest BCUT2D eigenvalue weighted by Crippen LogP contribution is 2.29. The maximum atomic E-state index is 13.6. The van der Waals surface area contributed by atoms with Gasteiger partial charge in [0, 0.05) is 29.7 Å². The standard InChI is InChI=1S/C26H28N4O3S/c1-18-7-4-11-21(15-18)30(23(31)17-28-25(32)22-12-6-14-34-22)24(19-8-5-13-27-16-19)26(33)29-20-9-2-3-10-20/h4-8,11-16,20,24H,2-3,9-10,17H2,1H3,(H,28,32)(H,29,33)/t24-/m0/s1. The molecule has 3 amide bonds. The second kappa shape index (κ2) is 11.1. The summed E-state index contributed by atoms with van der Waals surface area (Å²) in [6.45, 7) is 1.69. The minimum Gasteiger partial charge on any atom is -0.351 e. The van der Waals surface area contributed by atoms with Gasteiger partial charge in [-0.05, 0) is 55.0 Å². The lowest BCUT2D eigenvalue weighted by Crippen LogP contribution is -2.49. The van der Waals surface area contributed by atoms with Crippen LogP contribution in [0.2, 0.25) is 0 Å². The number of thiophene rings is 1. The van der Waals surface area contributed by atoms with E-state index in [-0.39, 0.29) is 30.3 Å². The lowest BCUT2D eigenvalue weighted by molar-refractivity contribution is -0.126. The molecule has 2 heterocycles. The number of nitrogens with zero attached hydrogens (tertiary/aromatic N) is 2. The van der Waals surface area contributed by atoms with Gasteiger partial charge in [0.05, 0.1) is 11.4 Å². The summed E-state index contributed by atoms with van der Waals surface area (Å²) in [4.78, 5) is 45.9. The van der Waals surface area contributed by atoms with Crippen LogP contribution >= 0.6 is 11.3 Å². The normalized spacial score (nSPS) is 14.4. The van der Waals surface area contributed by atoms with E-state index < -0.39 is 6.04 Å². The molecule has 7 nitrogen and oxygen atoms in total. The maximum absolute atomic E-state index is 13.6. The van der Waals surface area contributed by atoms with Gasteiger partial charge in [-0.15, -0.1) is 11.3 Å². The van der Waals surface area contributed by atoms with Crippen molar-refractivity contribution in [2.45, 2.75) is 44.7 Å². The Morgan fingerprint density at radius 1 is 1.12 bits per heavy atom. The van der Waals surface area contributed by atoms with E-state index in [0.29, 0.717) is 16.1 Å². The van der Waals surface area contributed by atoms with Gasteiger partial charge in [-0.25, -0.2) is 0 Å². The Kier molecular flexibility index (Phi) is 7.69. The lowest BCUT2D eigenvalue weighted by atomic mass is 10.0. The van der Waals surface area contributed by atoms with Gasteiger partial charge in [-0.2, -0.15) is 0 Å². The summed E-state index contributed by atoms with van der Waals surface area (Å²) in [5.41, 5.74) is 2.15. The van der Waals surface area contributed by atoms with E-state index in [2.05, 4.69) is 15.6 Å². The van der Waals surface area contributed by atoms with Gasteiger partial charge in [-0.1, -0.05) is 37.1 Å². The number of nitrogens with one attached hydrogen (secondary N) is 2. The molecule has 0 radical (unpaired) electrons. The van der Waals surface area contributed by atoms with Gasteiger partial charge in [0.25, 0.3) is 5.91 Å². The summed E-state index contributed by atoms with van der Waals surface area (Å²) in [5, 5.41) is 7.65. The van der Waals surface area contributed by atoms with Crippen molar-refractivity contribution in [1.82, 2.24) is 15.6 Å². The number of carbonyl (C=O) groups is 3. The smallest absolute Gasteiger partial charge is 0.261 e. The van der Waals surface area contributed by atoms with Crippen molar-refractivity contribution in [3.05, 3.63) is 82.3 Å². The third-order valence-corrected chi connectivity index (χ3v) is 6.77. The van der Waals surface area contributed by atoms with Crippen molar-refractivity contribution in [3.8, 4) is 0 Å². The fourth-order valence-corrected chi connectivity index (χ4v) is 4.90. The number of rotatable bonds is 8. The molecule has 2 aromatic heterocycles. The average Bonchev–Trinajstić information content (AvgIpc) is 3.56. The molecule has 3 aromatic rings. The highest BCUT2D eigenvalue weighted by atomic mass is 32.1.